The Kier molecular flexibility index (Phi) is 8.25. The van der Waals surface area contributed by atoms with Crippen LogP contribution in [-0.4, -0.2) is 92.2 Å². The first-order chi connectivity index (χ1) is 15.6. The highest BCUT2D eigenvalue weighted by Gasteiger charge is 2.54. The van der Waals surface area contributed by atoms with Crippen molar-refractivity contribution in [3.05, 3.63) is 0 Å². The summed E-state index contributed by atoms with van der Waals surface area (Å²) in [5.41, 5.74) is -1.38. The van der Waals surface area contributed by atoms with Gasteiger partial charge in [0.05, 0.1) is 11.3 Å². The van der Waals surface area contributed by atoms with Crippen LogP contribution in [0, 0.1) is 17.3 Å². The molecule has 0 spiro atoms. The molecule has 0 radical (unpaired) electrons. The van der Waals surface area contributed by atoms with Crippen LogP contribution in [0.5, 0.6) is 0 Å². The first-order valence-electron chi connectivity index (χ1n) is 13.2. The predicted octanol–water partition coefficient (Wildman–Crippen LogP) is 4.65. The minimum Gasteiger partial charge on any atom is -0.481 e. The van der Waals surface area contributed by atoms with Crippen molar-refractivity contribution >= 4 is 11.9 Å². The van der Waals surface area contributed by atoms with Crippen LogP contribution in [0.1, 0.15) is 94.9 Å². The third kappa shape index (κ3) is 6.04. The summed E-state index contributed by atoms with van der Waals surface area (Å²) in [6.07, 6.45) is 3.34. The van der Waals surface area contributed by atoms with Crippen molar-refractivity contribution in [2.24, 2.45) is 17.3 Å². The molecule has 2 aliphatic rings. The highest BCUT2D eigenvalue weighted by atomic mass is 16.4. The van der Waals surface area contributed by atoms with Crippen LogP contribution in [0.25, 0.3) is 0 Å². The van der Waals surface area contributed by atoms with Crippen molar-refractivity contribution in [2.45, 2.75) is 123 Å². The van der Waals surface area contributed by atoms with E-state index in [1.54, 1.807) is 6.92 Å². The van der Waals surface area contributed by atoms with E-state index < -0.39 is 23.3 Å². The monoisotopic (exact) mass is 495 g/mol. The smallest absolute Gasteiger partial charge is 0.310 e. The van der Waals surface area contributed by atoms with Crippen LogP contribution in [0.3, 0.4) is 0 Å². The van der Waals surface area contributed by atoms with E-state index in [9.17, 15) is 19.8 Å². The molecule has 7 heteroatoms. The van der Waals surface area contributed by atoms with Gasteiger partial charge in [0, 0.05) is 41.3 Å². The zero-order chi connectivity index (χ0) is 27.4. The number of carbonyl (C=O) groups is 2. The molecule has 0 saturated carbocycles. The molecule has 0 aromatic carbocycles. The van der Waals surface area contributed by atoms with Gasteiger partial charge in [0.1, 0.15) is 0 Å². The van der Waals surface area contributed by atoms with Crippen LogP contribution in [-0.2, 0) is 9.59 Å². The van der Waals surface area contributed by atoms with Crippen molar-refractivity contribution in [3.8, 4) is 0 Å². The summed E-state index contributed by atoms with van der Waals surface area (Å²) >= 11 is 0. The van der Waals surface area contributed by atoms with Gasteiger partial charge >= 0.3 is 11.9 Å². The average molecular weight is 496 g/mol. The Bertz CT molecular complexity index is 770. The second kappa shape index (κ2) is 9.60. The molecule has 2 aliphatic heterocycles. The number of piperidine rings is 2. The molecule has 0 amide bonds. The molecule has 204 valence electrons. The fourth-order valence-electron chi connectivity index (χ4n) is 6.96. The van der Waals surface area contributed by atoms with Crippen LogP contribution in [0.15, 0.2) is 0 Å². The van der Waals surface area contributed by atoms with Gasteiger partial charge in [-0.25, -0.2) is 0 Å². The molecule has 35 heavy (non-hydrogen) atoms. The van der Waals surface area contributed by atoms with E-state index in [4.69, 9.17) is 0 Å². The normalized spacial score (nSPS) is 27.9. The zero-order valence-corrected chi connectivity index (χ0v) is 24.5. The summed E-state index contributed by atoms with van der Waals surface area (Å²) in [6, 6.07) is 0.115. The molecule has 2 N–H and O–H groups in total. The minimum atomic E-state index is -0.980. The summed E-state index contributed by atoms with van der Waals surface area (Å²) in [6.45, 7) is 22.1. The van der Waals surface area contributed by atoms with Gasteiger partial charge in [-0.15, -0.1) is 0 Å². The molecule has 2 fully saturated rings. The number of hydrogen-bond donors (Lipinski definition) is 2. The van der Waals surface area contributed by atoms with Crippen LogP contribution >= 0.6 is 0 Å². The Morgan fingerprint density at radius 2 is 1.23 bits per heavy atom. The summed E-state index contributed by atoms with van der Waals surface area (Å²) in [4.78, 5) is 31.9. The number of carboxylic acids is 2. The molecule has 0 aromatic rings. The largest absolute Gasteiger partial charge is 0.481 e. The minimum absolute atomic E-state index is 0.0175. The Labute approximate surface area is 214 Å². The fraction of sp³-hybridized carbons (Fsp3) is 0.929. The molecule has 0 aromatic heterocycles. The molecule has 0 bridgehead atoms. The first-order valence-corrected chi connectivity index (χ1v) is 13.2. The van der Waals surface area contributed by atoms with Crippen molar-refractivity contribution in [1.29, 1.82) is 0 Å². The number of nitrogens with zero attached hydrogens (tertiary/aromatic N) is 3. The third-order valence-electron chi connectivity index (χ3n) is 9.96. The Hall–Kier alpha value is -1.18. The molecule has 2 atom stereocenters. The van der Waals surface area contributed by atoms with Crippen molar-refractivity contribution in [1.82, 2.24) is 14.7 Å². The maximum atomic E-state index is 13.0. The summed E-state index contributed by atoms with van der Waals surface area (Å²) in [7, 11) is 4.29. The summed E-state index contributed by atoms with van der Waals surface area (Å²) < 4.78 is 0. The van der Waals surface area contributed by atoms with Crippen molar-refractivity contribution in [2.75, 3.05) is 27.2 Å². The Morgan fingerprint density at radius 1 is 0.857 bits per heavy atom. The quantitative estimate of drug-likeness (QED) is 0.507. The lowest BCUT2D eigenvalue weighted by Gasteiger charge is -2.58. The number of hydrogen-bond acceptors (Lipinski definition) is 5. The Balaban J connectivity index is 2.49. The van der Waals surface area contributed by atoms with E-state index in [1.807, 2.05) is 6.92 Å². The second-order valence-corrected chi connectivity index (χ2v) is 14.4. The molecule has 0 aliphatic carbocycles. The molecule has 2 heterocycles. The number of rotatable bonds is 8. The van der Waals surface area contributed by atoms with Crippen molar-refractivity contribution < 1.29 is 19.8 Å². The molecule has 7 nitrogen and oxygen atoms in total. The van der Waals surface area contributed by atoms with E-state index in [1.165, 1.54) is 0 Å². The van der Waals surface area contributed by atoms with Crippen LogP contribution in [0.2, 0.25) is 0 Å². The lowest BCUT2D eigenvalue weighted by atomic mass is 9.63. The maximum Gasteiger partial charge on any atom is 0.310 e. The zero-order valence-electron chi connectivity index (χ0n) is 24.5. The van der Waals surface area contributed by atoms with E-state index in [0.29, 0.717) is 13.1 Å². The maximum absolute atomic E-state index is 13.0. The van der Waals surface area contributed by atoms with Gasteiger partial charge in [0.25, 0.3) is 0 Å². The second-order valence-electron chi connectivity index (χ2n) is 14.4. The van der Waals surface area contributed by atoms with Gasteiger partial charge in [-0.3, -0.25) is 24.3 Å². The lowest BCUT2D eigenvalue weighted by molar-refractivity contribution is -0.161. The third-order valence-corrected chi connectivity index (χ3v) is 9.96. The molecule has 2 saturated heterocycles. The van der Waals surface area contributed by atoms with E-state index in [2.05, 4.69) is 84.2 Å². The van der Waals surface area contributed by atoms with Gasteiger partial charge in [0.15, 0.2) is 0 Å². The number of carboxylic acid groups (broad SMARTS) is 2. The van der Waals surface area contributed by atoms with Crippen LogP contribution in [0.4, 0.5) is 0 Å². The average Bonchev–Trinajstić information content (AvgIpc) is 2.68. The van der Waals surface area contributed by atoms with Gasteiger partial charge in [-0.05, 0) is 108 Å². The van der Waals surface area contributed by atoms with Gasteiger partial charge in [0.2, 0.25) is 0 Å². The number of aliphatic carboxylic acids is 2. The van der Waals surface area contributed by atoms with Gasteiger partial charge < -0.3 is 10.2 Å². The molecule has 2 rings (SSSR count). The molecule has 2 unspecified atom stereocenters. The van der Waals surface area contributed by atoms with Crippen molar-refractivity contribution in [3.63, 3.8) is 0 Å². The van der Waals surface area contributed by atoms with Gasteiger partial charge in [-0.1, -0.05) is 6.92 Å². The number of likely N-dealkylation sites (tertiary alicyclic amines) is 2. The lowest BCUT2D eigenvalue weighted by Crippen LogP contribution is -2.65. The van der Waals surface area contributed by atoms with E-state index >= 15 is 0 Å². The topological polar surface area (TPSA) is 84.3 Å². The summed E-state index contributed by atoms with van der Waals surface area (Å²) in [5.74, 6) is -2.20. The Morgan fingerprint density at radius 3 is 1.57 bits per heavy atom. The predicted molar refractivity (Wildman–Crippen MR) is 142 cm³/mol. The highest BCUT2D eigenvalue weighted by molar-refractivity contribution is 5.75. The highest BCUT2D eigenvalue weighted by Crippen LogP contribution is 2.49. The van der Waals surface area contributed by atoms with Gasteiger partial charge in [-0.2, -0.15) is 0 Å². The standard InChI is InChI=1S/C28H53N3O4/c1-19(22(32)33)17-31(21-15-26(6,7)30(12)27(8,9)16-21)18-28(10,23(34)35)20-13-24(2,3)29(11)25(4,5)14-20/h19-21H,13-18H2,1-12H3,(H,32,33)(H,34,35). The van der Waals surface area contributed by atoms with Crippen LogP contribution < -0.4 is 0 Å². The van der Waals surface area contributed by atoms with E-state index in [0.717, 1.165) is 25.7 Å². The SMILES string of the molecule is CC(CN(CC(C)(C(=O)O)C1CC(C)(C)N(C)C(C)(C)C1)C1CC(C)(C)N(C)C(C)(C)C1)C(=O)O. The first kappa shape index (κ1) is 30.0. The summed E-state index contributed by atoms with van der Waals surface area (Å²) in [5, 5.41) is 20.4. The van der Waals surface area contributed by atoms with E-state index in [-0.39, 0.29) is 34.1 Å². The molecular formula is C28H53N3O4. The fourth-order valence-corrected chi connectivity index (χ4v) is 6.96. The molecular weight excluding hydrogens is 442 g/mol.